The van der Waals surface area contributed by atoms with E-state index in [2.05, 4.69) is 15.4 Å². The molecule has 0 saturated carbocycles. The highest BCUT2D eigenvalue weighted by atomic mass is 16.5. The lowest BCUT2D eigenvalue weighted by atomic mass is 10.1. The number of rotatable bonds is 6. The van der Waals surface area contributed by atoms with E-state index in [-0.39, 0.29) is 5.92 Å². The molecule has 0 fully saturated rings. The molecule has 0 aliphatic carbocycles. The summed E-state index contributed by atoms with van der Waals surface area (Å²) in [5.74, 6) is -0.401. The molecule has 0 radical (unpaired) electrons. The van der Waals surface area contributed by atoms with Gasteiger partial charge in [-0.05, 0) is 29.5 Å². The van der Waals surface area contributed by atoms with Crippen molar-refractivity contribution in [3.05, 3.63) is 84.3 Å². The number of fused-ring (bicyclic) bond motifs is 1. The van der Waals surface area contributed by atoms with E-state index >= 15 is 0 Å². The SMILES string of the molecule is CC(C)c1c(C(=O)OCC(=O)Nc2cccc3ccccc23)cnn1-c1ccccn1. The Morgan fingerprint density at radius 3 is 2.58 bits per heavy atom. The third-order valence-corrected chi connectivity index (χ3v) is 4.84. The summed E-state index contributed by atoms with van der Waals surface area (Å²) in [5.41, 5.74) is 1.67. The Balaban J connectivity index is 1.47. The molecule has 0 aliphatic rings. The highest BCUT2D eigenvalue weighted by molar-refractivity contribution is 6.03. The van der Waals surface area contributed by atoms with Gasteiger partial charge in [0.15, 0.2) is 12.4 Å². The van der Waals surface area contributed by atoms with Crippen LogP contribution >= 0.6 is 0 Å². The van der Waals surface area contributed by atoms with Crippen molar-refractivity contribution in [1.82, 2.24) is 14.8 Å². The number of hydrogen-bond donors (Lipinski definition) is 1. The molecule has 2 aromatic heterocycles. The number of benzene rings is 2. The molecule has 1 amide bonds. The van der Waals surface area contributed by atoms with E-state index in [9.17, 15) is 9.59 Å². The van der Waals surface area contributed by atoms with Crippen LogP contribution in [0.1, 0.15) is 35.8 Å². The zero-order valence-electron chi connectivity index (χ0n) is 17.3. The zero-order valence-corrected chi connectivity index (χ0v) is 17.3. The van der Waals surface area contributed by atoms with E-state index in [1.54, 1.807) is 10.9 Å². The summed E-state index contributed by atoms with van der Waals surface area (Å²) in [6, 6.07) is 18.9. The summed E-state index contributed by atoms with van der Waals surface area (Å²) >= 11 is 0. The molecule has 1 N–H and O–H groups in total. The molecule has 2 aromatic carbocycles. The minimum absolute atomic E-state index is 0.00318. The second kappa shape index (κ2) is 8.79. The minimum Gasteiger partial charge on any atom is -0.452 e. The molecule has 2 heterocycles. The van der Waals surface area contributed by atoms with E-state index in [0.29, 0.717) is 22.8 Å². The van der Waals surface area contributed by atoms with Crippen molar-refractivity contribution in [2.75, 3.05) is 11.9 Å². The predicted molar refractivity (Wildman–Crippen MR) is 118 cm³/mol. The standard InChI is InChI=1S/C24H22N4O3/c1-16(2)23-19(14-26-28(23)21-12-5-6-13-25-21)24(30)31-15-22(29)27-20-11-7-9-17-8-3-4-10-18(17)20/h3-14,16H,15H2,1-2H3,(H,27,29). The average molecular weight is 414 g/mol. The van der Waals surface area contributed by atoms with E-state index in [4.69, 9.17) is 4.74 Å². The molecule has 4 rings (SSSR count). The van der Waals surface area contributed by atoms with Crippen molar-refractivity contribution in [1.29, 1.82) is 0 Å². The van der Waals surface area contributed by atoms with Crippen LogP contribution in [0.5, 0.6) is 0 Å². The molecule has 7 heteroatoms. The lowest BCUT2D eigenvalue weighted by Crippen LogP contribution is -2.21. The Labute approximate surface area is 179 Å². The molecule has 0 spiro atoms. The van der Waals surface area contributed by atoms with Gasteiger partial charge in [-0.2, -0.15) is 5.10 Å². The fourth-order valence-corrected chi connectivity index (χ4v) is 3.46. The quantitative estimate of drug-likeness (QED) is 0.474. The third kappa shape index (κ3) is 4.30. The summed E-state index contributed by atoms with van der Waals surface area (Å²) in [6.07, 6.45) is 3.12. The van der Waals surface area contributed by atoms with Crippen molar-refractivity contribution >= 4 is 28.3 Å². The number of aromatic nitrogens is 3. The predicted octanol–water partition coefficient (Wildman–Crippen LogP) is 4.34. The normalized spacial score (nSPS) is 10.9. The van der Waals surface area contributed by atoms with Crippen LogP contribution in [-0.2, 0) is 9.53 Å². The fraction of sp³-hybridized carbons (Fsp3) is 0.167. The number of hydrogen-bond acceptors (Lipinski definition) is 5. The van der Waals surface area contributed by atoms with Crippen molar-refractivity contribution in [3.63, 3.8) is 0 Å². The number of nitrogens with zero attached hydrogens (tertiary/aromatic N) is 3. The van der Waals surface area contributed by atoms with Crippen LogP contribution in [-0.4, -0.2) is 33.2 Å². The second-order valence-corrected chi connectivity index (χ2v) is 7.35. The highest BCUT2D eigenvalue weighted by Crippen LogP contribution is 2.24. The first-order chi connectivity index (χ1) is 15.0. The third-order valence-electron chi connectivity index (χ3n) is 4.84. The largest absolute Gasteiger partial charge is 0.452 e. The zero-order chi connectivity index (χ0) is 21.8. The summed E-state index contributed by atoms with van der Waals surface area (Å²) in [4.78, 5) is 29.4. The molecule has 0 atom stereocenters. The molecule has 0 aliphatic heterocycles. The first-order valence-electron chi connectivity index (χ1n) is 9.98. The topological polar surface area (TPSA) is 86.1 Å². The van der Waals surface area contributed by atoms with Gasteiger partial charge in [-0.15, -0.1) is 0 Å². The van der Waals surface area contributed by atoms with Crippen LogP contribution in [0.4, 0.5) is 5.69 Å². The molecule has 4 aromatic rings. The van der Waals surface area contributed by atoms with Gasteiger partial charge in [-0.25, -0.2) is 14.5 Å². The lowest BCUT2D eigenvalue weighted by Gasteiger charge is -2.12. The van der Waals surface area contributed by atoms with E-state index in [1.165, 1.54) is 6.20 Å². The van der Waals surface area contributed by atoms with Crippen LogP contribution in [0.3, 0.4) is 0 Å². The maximum Gasteiger partial charge on any atom is 0.342 e. The number of pyridine rings is 1. The van der Waals surface area contributed by atoms with Crippen LogP contribution in [0.2, 0.25) is 0 Å². The van der Waals surface area contributed by atoms with Gasteiger partial charge in [0.1, 0.15) is 5.56 Å². The number of ether oxygens (including phenoxy) is 1. The monoisotopic (exact) mass is 414 g/mol. The first kappa shape index (κ1) is 20.3. The Hall–Kier alpha value is -4.00. The molecule has 7 nitrogen and oxygen atoms in total. The van der Waals surface area contributed by atoms with Crippen molar-refractivity contribution < 1.29 is 14.3 Å². The molecular formula is C24H22N4O3. The lowest BCUT2D eigenvalue weighted by molar-refractivity contribution is -0.119. The number of carbonyl (C=O) groups excluding carboxylic acids is 2. The van der Waals surface area contributed by atoms with E-state index < -0.39 is 18.5 Å². The van der Waals surface area contributed by atoms with Crippen molar-refractivity contribution in [2.24, 2.45) is 0 Å². The van der Waals surface area contributed by atoms with Crippen LogP contribution < -0.4 is 5.32 Å². The van der Waals surface area contributed by atoms with Gasteiger partial charge >= 0.3 is 5.97 Å². The number of amides is 1. The summed E-state index contributed by atoms with van der Waals surface area (Å²) < 4.78 is 6.91. The Kier molecular flexibility index (Phi) is 5.75. The number of nitrogens with one attached hydrogen (secondary N) is 1. The Bertz CT molecular complexity index is 1230. The molecule has 0 saturated heterocycles. The van der Waals surface area contributed by atoms with E-state index in [0.717, 1.165) is 10.8 Å². The van der Waals surface area contributed by atoms with Gasteiger partial charge < -0.3 is 10.1 Å². The number of anilines is 1. The first-order valence-corrected chi connectivity index (χ1v) is 9.98. The van der Waals surface area contributed by atoms with E-state index in [1.807, 2.05) is 74.5 Å². The highest BCUT2D eigenvalue weighted by Gasteiger charge is 2.23. The molecular weight excluding hydrogens is 392 g/mol. The Morgan fingerprint density at radius 1 is 1.03 bits per heavy atom. The smallest absolute Gasteiger partial charge is 0.342 e. The van der Waals surface area contributed by atoms with Crippen molar-refractivity contribution in [3.8, 4) is 5.82 Å². The minimum atomic E-state index is -0.598. The van der Waals surface area contributed by atoms with Crippen molar-refractivity contribution in [2.45, 2.75) is 19.8 Å². The van der Waals surface area contributed by atoms with Gasteiger partial charge in [0, 0.05) is 17.3 Å². The van der Waals surface area contributed by atoms with Gasteiger partial charge in [-0.1, -0.05) is 56.3 Å². The summed E-state index contributed by atoms with van der Waals surface area (Å²) in [5, 5.41) is 9.06. The van der Waals surface area contributed by atoms with Crippen LogP contribution in [0.25, 0.3) is 16.6 Å². The van der Waals surface area contributed by atoms with Gasteiger partial charge in [0.05, 0.1) is 11.9 Å². The Morgan fingerprint density at radius 2 is 1.81 bits per heavy atom. The maximum atomic E-state index is 12.7. The molecule has 31 heavy (non-hydrogen) atoms. The molecule has 0 unspecified atom stereocenters. The molecule has 0 bridgehead atoms. The number of carbonyl (C=O) groups is 2. The van der Waals surface area contributed by atoms with Crippen LogP contribution in [0, 0.1) is 0 Å². The average Bonchev–Trinajstić information content (AvgIpc) is 3.24. The van der Waals surface area contributed by atoms with Gasteiger partial charge in [0.25, 0.3) is 5.91 Å². The maximum absolute atomic E-state index is 12.7. The number of esters is 1. The summed E-state index contributed by atoms with van der Waals surface area (Å²) in [7, 11) is 0. The fourth-order valence-electron chi connectivity index (χ4n) is 3.46. The van der Waals surface area contributed by atoms with Crippen LogP contribution in [0.15, 0.2) is 73.1 Å². The van der Waals surface area contributed by atoms with Gasteiger partial charge in [0.2, 0.25) is 0 Å². The van der Waals surface area contributed by atoms with Gasteiger partial charge in [-0.3, -0.25) is 4.79 Å². The summed E-state index contributed by atoms with van der Waals surface area (Å²) in [6.45, 7) is 3.52. The second-order valence-electron chi connectivity index (χ2n) is 7.35. The molecule has 156 valence electrons.